The largest absolute Gasteiger partial charge is 0.487 e. The van der Waals surface area contributed by atoms with Crippen molar-refractivity contribution in [1.82, 2.24) is 9.97 Å². The van der Waals surface area contributed by atoms with Crippen LogP contribution in [0.4, 0.5) is 0 Å². The van der Waals surface area contributed by atoms with E-state index in [1.807, 2.05) is 49.4 Å². The second kappa shape index (κ2) is 7.32. The average Bonchev–Trinajstić information content (AvgIpc) is 3.45. The van der Waals surface area contributed by atoms with Gasteiger partial charge in [-0.25, -0.2) is 4.99 Å². The number of aromatic nitrogens is 2. The summed E-state index contributed by atoms with van der Waals surface area (Å²) < 4.78 is 6.17. The molecule has 29 heavy (non-hydrogen) atoms. The molecule has 0 saturated carbocycles. The second-order valence-corrected chi connectivity index (χ2v) is 7.18. The number of nitrogens with one attached hydrogen (secondary N) is 2. The number of hydrogen-bond acceptors (Lipinski definition) is 2. The van der Waals surface area contributed by atoms with E-state index in [-0.39, 0.29) is 0 Å². The highest BCUT2D eigenvalue weighted by Crippen LogP contribution is 2.09. The molecule has 1 aliphatic heterocycles. The zero-order valence-electron chi connectivity index (χ0n) is 16.1. The Labute approximate surface area is 168 Å². The molecule has 142 valence electrons. The lowest BCUT2D eigenvalue weighted by Crippen LogP contribution is -2.19. The summed E-state index contributed by atoms with van der Waals surface area (Å²) in [5.74, 6) is 0.808. The first kappa shape index (κ1) is 17.3. The number of nitrogens with zero attached hydrogens (tertiary/aromatic N) is 1. The minimum absolute atomic E-state index is 0.513. The summed E-state index contributed by atoms with van der Waals surface area (Å²) in [6.07, 6.45) is 4.17. The molecule has 0 spiro atoms. The van der Waals surface area contributed by atoms with Gasteiger partial charge in [-0.05, 0) is 42.8 Å². The fraction of sp³-hybridized carbons (Fsp3) is 0.0800. The molecular formula is C25H21N3O. The van der Waals surface area contributed by atoms with Crippen molar-refractivity contribution in [3.63, 3.8) is 0 Å². The maximum Gasteiger partial charge on any atom is 0.145 e. The Hall–Kier alpha value is -3.79. The molecule has 4 aromatic rings. The first-order valence-corrected chi connectivity index (χ1v) is 9.67. The van der Waals surface area contributed by atoms with Gasteiger partial charge in [0.2, 0.25) is 0 Å². The lowest BCUT2D eigenvalue weighted by Gasteiger charge is -2.03. The molecular weight excluding hydrogens is 358 g/mol. The van der Waals surface area contributed by atoms with E-state index in [1.54, 1.807) is 0 Å². The van der Waals surface area contributed by atoms with Crippen molar-refractivity contribution in [3.8, 4) is 5.75 Å². The van der Waals surface area contributed by atoms with Crippen molar-refractivity contribution in [2.75, 3.05) is 0 Å². The summed E-state index contributed by atoms with van der Waals surface area (Å²) in [6.45, 7) is 2.56. The SMILES string of the molecule is Cc1ccc(/C=c2/[nH]/c(=C3/C=c4ccccc4=N3)cc2OCc2ccccc2)[nH]1. The van der Waals surface area contributed by atoms with Gasteiger partial charge in [0.25, 0.3) is 0 Å². The van der Waals surface area contributed by atoms with Crippen LogP contribution in [0.2, 0.25) is 0 Å². The number of para-hydroxylation sites is 1. The molecule has 2 aromatic heterocycles. The molecule has 0 atom stereocenters. The Kier molecular flexibility index (Phi) is 4.37. The maximum absolute atomic E-state index is 6.17. The van der Waals surface area contributed by atoms with Crippen LogP contribution in [0.15, 0.2) is 77.8 Å². The van der Waals surface area contributed by atoms with Crippen molar-refractivity contribution in [2.24, 2.45) is 4.99 Å². The summed E-state index contributed by atoms with van der Waals surface area (Å²) in [6, 6.07) is 24.5. The van der Waals surface area contributed by atoms with Crippen molar-refractivity contribution >= 4 is 17.8 Å². The van der Waals surface area contributed by atoms with Crippen LogP contribution in [-0.2, 0) is 6.61 Å². The predicted octanol–water partition coefficient (Wildman–Crippen LogP) is 2.28. The van der Waals surface area contributed by atoms with Crippen LogP contribution in [-0.4, -0.2) is 9.97 Å². The van der Waals surface area contributed by atoms with E-state index >= 15 is 0 Å². The Morgan fingerprint density at radius 1 is 0.931 bits per heavy atom. The number of H-pyrrole nitrogens is 2. The number of fused-ring (bicyclic) bond motifs is 1. The standard InChI is InChI=1S/C25H21N3O/c1-17-11-12-20(26-17)14-24-25(29-16-18-7-3-2-4-8-18)15-23(28-24)22-13-19-9-5-6-10-21(19)27-22/h2-15,26,28H,16H2,1H3/b23-22-,24-14+. The first-order chi connectivity index (χ1) is 14.2. The number of rotatable bonds is 4. The van der Waals surface area contributed by atoms with Gasteiger partial charge in [-0.2, -0.15) is 0 Å². The van der Waals surface area contributed by atoms with Gasteiger partial charge in [-0.1, -0.05) is 48.5 Å². The molecule has 4 heteroatoms. The van der Waals surface area contributed by atoms with E-state index in [9.17, 15) is 0 Å². The van der Waals surface area contributed by atoms with Crippen LogP contribution in [0.1, 0.15) is 17.0 Å². The van der Waals surface area contributed by atoms with Crippen molar-refractivity contribution in [3.05, 3.63) is 111 Å². The topological polar surface area (TPSA) is 53.2 Å². The monoisotopic (exact) mass is 379 g/mol. The third kappa shape index (κ3) is 3.65. The third-order valence-corrected chi connectivity index (χ3v) is 4.95. The van der Waals surface area contributed by atoms with Gasteiger partial charge in [0.15, 0.2) is 0 Å². The number of ether oxygens (including phenoxy) is 1. The van der Waals surface area contributed by atoms with E-state index in [4.69, 9.17) is 9.73 Å². The van der Waals surface area contributed by atoms with E-state index in [2.05, 4.69) is 52.5 Å². The Bertz CT molecular complexity index is 1370. The zero-order valence-corrected chi connectivity index (χ0v) is 16.1. The predicted molar refractivity (Wildman–Crippen MR) is 115 cm³/mol. The van der Waals surface area contributed by atoms with Crippen molar-refractivity contribution < 1.29 is 4.74 Å². The summed E-state index contributed by atoms with van der Waals surface area (Å²) in [7, 11) is 0. The third-order valence-electron chi connectivity index (χ3n) is 4.95. The lowest BCUT2D eigenvalue weighted by molar-refractivity contribution is 0.304. The van der Waals surface area contributed by atoms with E-state index in [0.29, 0.717) is 6.61 Å². The fourth-order valence-electron chi connectivity index (χ4n) is 3.48. The lowest BCUT2D eigenvalue weighted by atomic mass is 10.2. The van der Waals surface area contributed by atoms with Crippen LogP contribution in [0.3, 0.4) is 0 Å². The van der Waals surface area contributed by atoms with E-state index < -0.39 is 0 Å². The Morgan fingerprint density at radius 2 is 1.76 bits per heavy atom. The quantitative estimate of drug-likeness (QED) is 0.562. The van der Waals surface area contributed by atoms with E-state index in [1.165, 1.54) is 0 Å². The van der Waals surface area contributed by atoms with Gasteiger partial charge < -0.3 is 14.7 Å². The molecule has 0 fully saturated rings. The summed E-state index contributed by atoms with van der Waals surface area (Å²) in [5, 5.41) is 3.99. The van der Waals surface area contributed by atoms with Crippen LogP contribution in [0.25, 0.3) is 17.8 Å². The van der Waals surface area contributed by atoms with Crippen LogP contribution in [0, 0.1) is 6.92 Å². The molecule has 5 rings (SSSR count). The molecule has 3 heterocycles. The number of benzene rings is 2. The molecule has 0 bridgehead atoms. The van der Waals surface area contributed by atoms with Crippen LogP contribution < -0.4 is 26.0 Å². The number of hydrogen-bond donors (Lipinski definition) is 2. The average molecular weight is 379 g/mol. The molecule has 0 radical (unpaired) electrons. The van der Waals surface area contributed by atoms with Gasteiger partial charge in [-0.3, -0.25) is 0 Å². The van der Waals surface area contributed by atoms with Crippen LogP contribution in [0.5, 0.6) is 5.75 Å². The maximum atomic E-state index is 6.17. The van der Waals surface area contributed by atoms with Crippen molar-refractivity contribution in [1.29, 1.82) is 0 Å². The van der Waals surface area contributed by atoms with Gasteiger partial charge in [0.1, 0.15) is 12.4 Å². The molecule has 2 aromatic carbocycles. The molecule has 0 unspecified atom stereocenters. The molecule has 0 amide bonds. The minimum atomic E-state index is 0.513. The van der Waals surface area contributed by atoms with Crippen LogP contribution >= 0.6 is 0 Å². The van der Waals surface area contributed by atoms with E-state index in [0.717, 1.165) is 49.7 Å². The number of aryl methyl sites for hydroxylation is 1. The van der Waals surface area contributed by atoms with Gasteiger partial charge in [0.05, 0.1) is 21.8 Å². The van der Waals surface area contributed by atoms with Gasteiger partial charge in [-0.15, -0.1) is 0 Å². The van der Waals surface area contributed by atoms with Gasteiger partial charge >= 0.3 is 0 Å². The van der Waals surface area contributed by atoms with Crippen molar-refractivity contribution in [2.45, 2.75) is 13.5 Å². The Morgan fingerprint density at radius 3 is 2.55 bits per heavy atom. The minimum Gasteiger partial charge on any atom is -0.487 e. The first-order valence-electron chi connectivity index (χ1n) is 9.67. The smallest absolute Gasteiger partial charge is 0.145 e. The molecule has 4 nitrogen and oxygen atoms in total. The molecule has 1 aliphatic rings. The Balaban J connectivity index is 1.60. The highest BCUT2D eigenvalue weighted by molar-refractivity contribution is 5.76. The molecule has 2 N–H and O–H groups in total. The summed E-state index contributed by atoms with van der Waals surface area (Å²) in [5.41, 5.74) is 4.20. The molecule has 0 aliphatic carbocycles. The second-order valence-electron chi connectivity index (χ2n) is 7.18. The van der Waals surface area contributed by atoms with Gasteiger partial charge in [0, 0.05) is 22.7 Å². The molecule has 0 saturated heterocycles. The fourth-order valence-corrected chi connectivity index (χ4v) is 3.48. The summed E-state index contributed by atoms with van der Waals surface area (Å²) in [4.78, 5) is 11.6. The normalized spacial score (nSPS) is 15.0. The summed E-state index contributed by atoms with van der Waals surface area (Å²) >= 11 is 0. The highest BCUT2D eigenvalue weighted by atomic mass is 16.5. The zero-order chi connectivity index (χ0) is 19.6. The number of aromatic amines is 2. The highest BCUT2D eigenvalue weighted by Gasteiger charge is 2.07.